The van der Waals surface area contributed by atoms with Gasteiger partial charge in [-0.15, -0.1) is 0 Å². The molecule has 0 amide bonds. The van der Waals surface area contributed by atoms with Crippen LogP contribution in [0.25, 0.3) is 0 Å². The van der Waals surface area contributed by atoms with E-state index < -0.39 is 27.3 Å². The minimum Gasteiger partial charge on any atom is -0.409 e. The fraction of sp³-hybridized carbons (Fsp3) is 0.750. The number of ether oxygens (including phenoxy) is 2. The molecule has 5 nitrogen and oxygen atoms in total. The van der Waals surface area contributed by atoms with Crippen molar-refractivity contribution in [3.8, 4) is 0 Å². The summed E-state index contributed by atoms with van der Waals surface area (Å²) in [4.78, 5) is 0. The molecule has 1 aromatic carbocycles. The van der Waals surface area contributed by atoms with Crippen LogP contribution < -0.4 is 0 Å². The topological polar surface area (TPSA) is 54.0 Å². The van der Waals surface area contributed by atoms with Crippen molar-refractivity contribution >= 4 is 23.5 Å². The predicted molar refractivity (Wildman–Crippen MR) is 135 cm³/mol. The largest absolute Gasteiger partial charge is 0.409 e. The lowest BCUT2D eigenvalue weighted by Crippen LogP contribution is -2.52. The van der Waals surface area contributed by atoms with Crippen LogP contribution >= 0.6 is 7.37 Å². The van der Waals surface area contributed by atoms with Crippen molar-refractivity contribution < 1.29 is 23.0 Å². The molecule has 0 N–H and O–H groups in total. The van der Waals surface area contributed by atoms with E-state index in [2.05, 4.69) is 40.8 Å². The fourth-order valence-corrected chi connectivity index (χ4v) is 6.67. The van der Waals surface area contributed by atoms with Gasteiger partial charge in [-0.25, -0.2) is 0 Å². The Hall–Kier alpha value is -0.428. The van der Waals surface area contributed by atoms with E-state index in [0.717, 1.165) is 5.56 Å². The molecule has 1 heterocycles. The lowest BCUT2D eigenvalue weighted by molar-refractivity contribution is -0.108. The average Bonchev–Trinajstić information content (AvgIpc) is 2.96. The monoisotopic (exact) mass is 480 g/mol. The molecule has 0 spiro atoms. The van der Waals surface area contributed by atoms with Crippen LogP contribution in [0.1, 0.15) is 53.0 Å². The summed E-state index contributed by atoms with van der Waals surface area (Å²) in [6.45, 7) is 17.6. The Bertz CT molecular complexity index is 769. The normalized spacial score (nSPS) is 28.6. The molecule has 0 bridgehead atoms. The molecular weight excluding hydrogens is 438 g/mol. The van der Waals surface area contributed by atoms with E-state index in [4.69, 9.17) is 26.3 Å². The molecule has 0 aromatic heterocycles. The van der Waals surface area contributed by atoms with Crippen molar-refractivity contribution in [2.75, 3.05) is 19.4 Å². The second-order valence-electron chi connectivity index (χ2n) is 10.5. The maximum absolute atomic E-state index is 12.9. The van der Waals surface area contributed by atoms with E-state index in [1.807, 2.05) is 37.3 Å². The van der Waals surface area contributed by atoms with Gasteiger partial charge >= 0.3 is 0 Å². The van der Waals surface area contributed by atoms with Gasteiger partial charge in [0.25, 0.3) is 0 Å². The van der Waals surface area contributed by atoms with Gasteiger partial charge in [-0.1, -0.05) is 58.0 Å². The van der Waals surface area contributed by atoms with Crippen molar-refractivity contribution in [2.24, 2.45) is 0 Å². The summed E-state index contributed by atoms with van der Waals surface area (Å²) in [7, 11) is 1.68. The molecule has 2 unspecified atom stereocenters. The molecule has 0 saturated carbocycles. The molecule has 180 valence electrons. The van der Waals surface area contributed by atoms with E-state index in [9.17, 15) is 4.57 Å². The number of rotatable bonds is 11. The standard InChI is InChI=1S/C24H42BO5PSi/c1-9-24(16-17-31(6,26)28-10-2)21(27-18-19-14-12-11-13-15-19)20(22(25)29-24)30-32(7,8)23(3,4)5/h11-15,20-22H,9-10,16-18H2,1-8H3/t20-,21?,22+,24-,31?/m0/s1. The molecule has 1 aromatic rings. The Morgan fingerprint density at radius 2 is 1.81 bits per heavy atom. The van der Waals surface area contributed by atoms with Crippen molar-refractivity contribution in [1.29, 1.82) is 0 Å². The van der Waals surface area contributed by atoms with Gasteiger partial charge < -0.3 is 18.4 Å². The summed E-state index contributed by atoms with van der Waals surface area (Å²) in [5.41, 5.74) is 0.406. The Balaban J connectivity index is 2.34. The van der Waals surface area contributed by atoms with Gasteiger partial charge in [-0.3, -0.25) is 4.57 Å². The SMILES string of the molecule is [B][C@@H]1O[C@@](CC)(CCP(C)(=O)OCC)C(OCc2ccccc2)[C@@H]1O[Si](C)(C)C(C)(C)C. The number of hydrogen-bond acceptors (Lipinski definition) is 5. The third kappa shape index (κ3) is 6.80. The third-order valence-corrected chi connectivity index (χ3v) is 13.3. The van der Waals surface area contributed by atoms with Crippen LogP contribution in [0.5, 0.6) is 0 Å². The van der Waals surface area contributed by atoms with Gasteiger partial charge in [0.15, 0.2) is 15.7 Å². The molecule has 32 heavy (non-hydrogen) atoms. The van der Waals surface area contributed by atoms with Crippen LogP contribution in [-0.4, -0.2) is 59.4 Å². The van der Waals surface area contributed by atoms with Gasteiger partial charge in [0.05, 0.1) is 24.9 Å². The van der Waals surface area contributed by atoms with Crippen LogP contribution in [-0.2, 0) is 29.6 Å². The van der Waals surface area contributed by atoms with Crippen molar-refractivity contribution in [3.05, 3.63) is 35.9 Å². The highest BCUT2D eigenvalue weighted by molar-refractivity contribution is 7.58. The molecular formula is C24H42BO5PSi. The van der Waals surface area contributed by atoms with E-state index >= 15 is 0 Å². The Morgan fingerprint density at radius 3 is 2.34 bits per heavy atom. The summed E-state index contributed by atoms with van der Waals surface area (Å²) in [6, 6.07) is 9.48. The van der Waals surface area contributed by atoms with E-state index in [-0.39, 0.29) is 17.2 Å². The molecule has 2 rings (SSSR count). The van der Waals surface area contributed by atoms with E-state index in [1.165, 1.54) is 0 Å². The first-order valence-electron chi connectivity index (χ1n) is 11.7. The summed E-state index contributed by atoms with van der Waals surface area (Å²) in [6.07, 6.45) is 0.895. The van der Waals surface area contributed by atoms with Crippen molar-refractivity contribution in [1.82, 2.24) is 0 Å². The van der Waals surface area contributed by atoms with Crippen molar-refractivity contribution in [2.45, 2.75) is 96.0 Å². The maximum Gasteiger partial charge on any atom is 0.200 e. The molecule has 8 heteroatoms. The van der Waals surface area contributed by atoms with Crippen LogP contribution in [0.3, 0.4) is 0 Å². The Kier molecular flexibility index (Phi) is 9.46. The molecule has 0 aliphatic carbocycles. The predicted octanol–water partition coefficient (Wildman–Crippen LogP) is 5.97. The Morgan fingerprint density at radius 1 is 1.19 bits per heavy atom. The molecule has 5 atom stereocenters. The first kappa shape index (κ1) is 27.8. The van der Waals surface area contributed by atoms with Gasteiger partial charge in [0, 0.05) is 18.8 Å². The molecule has 2 radical (unpaired) electrons. The average molecular weight is 480 g/mol. The fourth-order valence-electron chi connectivity index (χ4n) is 3.92. The van der Waals surface area contributed by atoms with Crippen LogP contribution in [0.4, 0.5) is 0 Å². The highest BCUT2D eigenvalue weighted by Gasteiger charge is 2.56. The summed E-state index contributed by atoms with van der Waals surface area (Å²) in [5, 5.41) is 0.0300. The molecule has 1 fully saturated rings. The van der Waals surface area contributed by atoms with Crippen LogP contribution in [0.2, 0.25) is 18.1 Å². The highest BCUT2D eigenvalue weighted by Crippen LogP contribution is 2.49. The minimum atomic E-state index is -2.72. The zero-order chi connectivity index (χ0) is 24.2. The lowest BCUT2D eigenvalue weighted by atomic mass is 9.86. The summed E-state index contributed by atoms with van der Waals surface area (Å²) >= 11 is 0. The second-order valence-corrected chi connectivity index (χ2v) is 18.0. The smallest absolute Gasteiger partial charge is 0.200 e. The van der Waals surface area contributed by atoms with Crippen LogP contribution in [0, 0.1) is 0 Å². The maximum atomic E-state index is 12.9. The van der Waals surface area contributed by atoms with Gasteiger partial charge in [0.2, 0.25) is 0 Å². The number of benzene rings is 1. The summed E-state index contributed by atoms with van der Waals surface area (Å²) < 4.78 is 38.1. The van der Waals surface area contributed by atoms with Crippen LogP contribution in [0.15, 0.2) is 30.3 Å². The minimum absolute atomic E-state index is 0.0300. The van der Waals surface area contributed by atoms with Gasteiger partial charge in [0.1, 0.15) is 14.0 Å². The van der Waals surface area contributed by atoms with E-state index in [0.29, 0.717) is 32.2 Å². The molecule has 1 aliphatic heterocycles. The summed E-state index contributed by atoms with van der Waals surface area (Å²) in [5.74, 6) is 0. The zero-order valence-corrected chi connectivity index (χ0v) is 23.1. The first-order valence-corrected chi connectivity index (χ1v) is 16.9. The second kappa shape index (κ2) is 10.9. The van der Waals surface area contributed by atoms with Gasteiger partial charge in [-0.2, -0.15) is 0 Å². The van der Waals surface area contributed by atoms with Crippen molar-refractivity contribution in [3.63, 3.8) is 0 Å². The van der Waals surface area contributed by atoms with E-state index in [1.54, 1.807) is 6.66 Å². The molecule has 1 saturated heterocycles. The first-order chi connectivity index (χ1) is 14.8. The highest BCUT2D eigenvalue weighted by atomic mass is 31.2. The molecule has 1 aliphatic rings. The quantitative estimate of drug-likeness (QED) is 0.289. The van der Waals surface area contributed by atoms with Gasteiger partial charge in [-0.05, 0) is 43.5 Å². The zero-order valence-electron chi connectivity index (χ0n) is 21.2. The third-order valence-electron chi connectivity index (χ3n) is 6.96. The lowest BCUT2D eigenvalue weighted by Gasteiger charge is -2.41. The Labute approximate surface area is 197 Å². The number of hydrogen-bond donors (Lipinski definition) is 0.